The summed E-state index contributed by atoms with van der Waals surface area (Å²) in [5.74, 6) is 0.424. The Morgan fingerprint density at radius 1 is 0.978 bits per heavy atom. The summed E-state index contributed by atoms with van der Waals surface area (Å²) in [7, 11) is 0. The lowest BCUT2D eigenvalue weighted by Crippen LogP contribution is -2.49. The van der Waals surface area contributed by atoms with Crippen molar-refractivity contribution in [2.24, 2.45) is 11.8 Å². The summed E-state index contributed by atoms with van der Waals surface area (Å²) < 4.78 is 0. The molecule has 9 heteroatoms. The van der Waals surface area contributed by atoms with Gasteiger partial charge in [-0.2, -0.15) is 0 Å². The van der Waals surface area contributed by atoms with Crippen molar-refractivity contribution in [3.05, 3.63) is 75.8 Å². The lowest BCUT2D eigenvalue weighted by atomic mass is 9.83. The number of carbonyl (C=O) groups is 2. The molecular formula is C37H52N4O5. The summed E-state index contributed by atoms with van der Waals surface area (Å²) in [4.78, 5) is 43.6. The molecule has 2 heterocycles. The van der Waals surface area contributed by atoms with Crippen molar-refractivity contribution in [2.75, 3.05) is 39.3 Å². The topological polar surface area (TPSA) is 107 Å². The van der Waals surface area contributed by atoms with E-state index in [4.69, 9.17) is 0 Å². The molecule has 0 unspecified atom stereocenters. The number of aliphatic carboxylic acids is 1. The molecule has 250 valence electrons. The number of hydrogen-bond acceptors (Lipinski definition) is 6. The van der Waals surface area contributed by atoms with Crippen LogP contribution in [-0.2, 0) is 16.0 Å². The molecule has 0 bridgehead atoms. The molecule has 1 amide bonds. The zero-order valence-corrected chi connectivity index (χ0v) is 27.5. The molecule has 46 heavy (non-hydrogen) atoms. The first kappa shape index (κ1) is 34.0. The van der Waals surface area contributed by atoms with Crippen LogP contribution in [0.4, 0.5) is 5.69 Å². The molecule has 3 atom stereocenters. The summed E-state index contributed by atoms with van der Waals surface area (Å²) >= 11 is 0. The van der Waals surface area contributed by atoms with E-state index in [1.54, 1.807) is 12.1 Å². The standard InChI is InChI=1S/C37H52N4O5/c1-2-3-22-40(35(42)19-16-28-14-17-33(18-15-28)41(45)46)32-20-23-38(24-21-32)25-31-26-39(27-34(31)29-10-6-4-7-11-29)36(37(43)44)30-12-8-5-9-13-30/h4,6-7,10-11,14-15,17-18,30-32,34,36H,2-3,5,8-9,12-13,16,19-27H2,1H3,(H,43,44)/t31-,34+,36+/m0/s1. The van der Waals surface area contributed by atoms with Crippen LogP contribution in [0.3, 0.4) is 0 Å². The molecule has 9 nitrogen and oxygen atoms in total. The van der Waals surface area contributed by atoms with Gasteiger partial charge in [-0.15, -0.1) is 0 Å². The van der Waals surface area contributed by atoms with Gasteiger partial charge in [0, 0.05) is 69.8 Å². The van der Waals surface area contributed by atoms with Gasteiger partial charge in [0.15, 0.2) is 0 Å². The Bertz CT molecular complexity index is 1270. The number of aryl methyl sites for hydroxylation is 1. The van der Waals surface area contributed by atoms with Crippen LogP contribution in [0.5, 0.6) is 0 Å². The Hall–Kier alpha value is -3.30. The second kappa shape index (κ2) is 16.5. The van der Waals surface area contributed by atoms with Gasteiger partial charge >= 0.3 is 5.97 Å². The number of carboxylic acids is 1. The fraction of sp³-hybridized carbons (Fsp3) is 0.622. The number of amides is 1. The second-order valence-electron chi connectivity index (χ2n) is 13.8. The zero-order chi connectivity index (χ0) is 32.5. The molecule has 5 rings (SSSR count). The fourth-order valence-electron chi connectivity index (χ4n) is 8.26. The lowest BCUT2D eigenvalue weighted by molar-refractivity contribution is -0.384. The molecule has 0 aromatic heterocycles. The van der Waals surface area contributed by atoms with Crippen LogP contribution in [0.15, 0.2) is 54.6 Å². The highest BCUT2D eigenvalue weighted by Crippen LogP contribution is 2.38. The first-order chi connectivity index (χ1) is 22.3. The molecule has 1 saturated carbocycles. The number of carbonyl (C=O) groups excluding carboxylic acids is 1. The average Bonchev–Trinajstić information content (AvgIpc) is 3.48. The molecule has 0 radical (unpaired) electrons. The smallest absolute Gasteiger partial charge is 0.321 e. The van der Waals surface area contributed by atoms with E-state index in [2.05, 4.69) is 52.0 Å². The number of piperidine rings is 1. The molecule has 2 saturated heterocycles. The molecule has 0 spiro atoms. The monoisotopic (exact) mass is 632 g/mol. The van der Waals surface area contributed by atoms with Crippen LogP contribution in [0.1, 0.15) is 88.2 Å². The molecule has 3 fully saturated rings. The summed E-state index contributed by atoms with van der Waals surface area (Å²) in [6, 6.07) is 17.0. The van der Waals surface area contributed by atoms with Gasteiger partial charge in [0.05, 0.1) is 4.92 Å². The minimum Gasteiger partial charge on any atom is -0.480 e. The Balaban J connectivity index is 1.20. The Morgan fingerprint density at radius 2 is 1.67 bits per heavy atom. The van der Waals surface area contributed by atoms with Crippen LogP contribution in [-0.4, -0.2) is 88.0 Å². The van der Waals surface area contributed by atoms with Crippen molar-refractivity contribution >= 4 is 17.6 Å². The van der Waals surface area contributed by atoms with Crippen molar-refractivity contribution in [1.29, 1.82) is 0 Å². The number of likely N-dealkylation sites (tertiary alicyclic amines) is 2. The first-order valence-electron chi connectivity index (χ1n) is 17.6. The zero-order valence-electron chi connectivity index (χ0n) is 27.5. The summed E-state index contributed by atoms with van der Waals surface area (Å²) in [5, 5.41) is 21.3. The third-order valence-corrected chi connectivity index (χ3v) is 10.8. The molecular weight excluding hydrogens is 580 g/mol. The maximum absolute atomic E-state index is 13.5. The Kier molecular flexibility index (Phi) is 12.2. The van der Waals surface area contributed by atoms with Crippen molar-refractivity contribution in [1.82, 2.24) is 14.7 Å². The highest BCUT2D eigenvalue weighted by atomic mass is 16.6. The van der Waals surface area contributed by atoms with Crippen LogP contribution < -0.4 is 0 Å². The summed E-state index contributed by atoms with van der Waals surface area (Å²) in [6.07, 6.45) is 10.4. The number of carboxylic acid groups (broad SMARTS) is 1. The Labute approximate surface area is 274 Å². The third-order valence-electron chi connectivity index (χ3n) is 10.8. The van der Waals surface area contributed by atoms with Crippen LogP contribution >= 0.6 is 0 Å². The van der Waals surface area contributed by atoms with Crippen LogP contribution in [0.25, 0.3) is 0 Å². The average molecular weight is 633 g/mol. The summed E-state index contributed by atoms with van der Waals surface area (Å²) in [5.41, 5.74) is 2.32. The highest BCUT2D eigenvalue weighted by Gasteiger charge is 2.43. The fourth-order valence-corrected chi connectivity index (χ4v) is 8.26. The van der Waals surface area contributed by atoms with E-state index in [-0.39, 0.29) is 23.6 Å². The summed E-state index contributed by atoms with van der Waals surface area (Å²) in [6.45, 7) is 7.36. The van der Waals surface area contributed by atoms with E-state index in [9.17, 15) is 24.8 Å². The predicted octanol–water partition coefficient (Wildman–Crippen LogP) is 6.37. The number of non-ortho nitro benzene ring substituents is 1. The van der Waals surface area contributed by atoms with Gasteiger partial charge in [0.2, 0.25) is 5.91 Å². The lowest BCUT2D eigenvalue weighted by Gasteiger charge is -2.40. The number of benzene rings is 2. The quantitative estimate of drug-likeness (QED) is 0.191. The maximum atomic E-state index is 13.5. The number of nitro groups is 1. The number of nitrogens with zero attached hydrogens (tertiary/aromatic N) is 4. The number of hydrogen-bond donors (Lipinski definition) is 1. The second-order valence-corrected chi connectivity index (χ2v) is 13.8. The van der Waals surface area contributed by atoms with Gasteiger partial charge in [-0.25, -0.2) is 0 Å². The molecule has 2 aliphatic heterocycles. The first-order valence-corrected chi connectivity index (χ1v) is 17.6. The van der Waals surface area contributed by atoms with E-state index in [1.807, 2.05) is 0 Å². The van der Waals surface area contributed by atoms with Gasteiger partial charge in [-0.3, -0.25) is 24.6 Å². The van der Waals surface area contributed by atoms with E-state index in [0.717, 1.165) is 96.2 Å². The molecule has 2 aromatic rings. The van der Waals surface area contributed by atoms with Crippen molar-refractivity contribution in [3.8, 4) is 0 Å². The largest absolute Gasteiger partial charge is 0.480 e. The van der Waals surface area contributed by atoms with E-state index in [0.29, 0.717) is 24.7 Å². The van der Waals surface area contributed by atoms with E-state index < -0.39 is 16.9 Å². The van der Waals surface area contributed by atoms with Gasteiger partial charge in [-0.05, 0) is 61.5 Å². The molecule has 1 N–H and O–H groups in total. The van der Waals surface area contributed by atoms with Gasteiger partial charge in [-0.1, -0.05) is 75.1 Å². The van der Waals surface area contributed by atoms with Crippen LogP contribution in [0, 0.1) is 22.0 Å². The molecule has 3 aliphatic rings. The van der Waals surface area contributed by atoms with Gasteiger partial charge in [0.25, 0.3) is 5.69 Å². The number of unbranched alkanes of at least 4 members (excludes halogenated alkanes) is 1. The van der Waals surface area contributed by atoms with Crippen molar-refractivity contribution in [2.45, 2.75) is 95.6 Å². The van der Waals surface area contributed by atoms with Crippen molar-refractivity contribution in [3.63, 3.8) is 0 Å². The van der Waals surface area contributed by atoms with E-state index in [1.165, 1.54) is 24.1 Å². The molecule has 1 aliphatic carbocycles. The minimum absolute atomic E-state index is 0.0673. The normalized spacial score (nSPS) is 22.5. The van der Waals surface area contributed by atoms with Crippen molar-refractivity contribution < 1.29 is 19.6 Å². The van der Waals surface area contributed by atoms with Crippen LogP contribution in [0.2, 0.25) is 0 Å². The predicted molar refractivity (Wildman–Crippen MR) is 180 cm³/mol. The van der Waals surface area contributed by atoms with Gasteiger partial charge < -0.3 is 14.9 Å². The maximum Gasteiger partial charge on any atom is 0.321 e. The SMILES string of the molecule is CCCCN(C(=O)CCc1ccc([N+](=O)[O-])cc1)C1CCN(C[C@H]2CN([C@@H](C(=O)O)C3CCCCC3)C[C@@H]2c2ccccc2)CC1. The molecule has 2 aromatic carbocycles. The van der Waals surface area contributed by atoms with E-state index >= 15 is 0 Å². The highest BCUT2D eigenvalue weighted by molar-refractivity contribution is 5.77. The third kappa shape index (κ3) is 8.73. The van der Waals surface area contributed by atoms with Gasteiger partial charge in [0.1, 0.15) is 6.04 Å². The number of nitro benzene ring substituents is 1. The number of rotatable bonds is 14. The Morgan fingerprint density at radius 3 is 2.30 bits per heavy atom. The minimum atomic E-state index is -0.661.